The van der Waals surface area contributed by atoms with Crippen LogP contribution in [0.1, 0.15) is 29.9 Å². The second-order valence-electron chi connectivity index (χ2n) is 5.52. The van der Waals surface area contributed by atoms with Gasteiger partial charge < -0.3 is 14.2 Å². The molecule has 0 aliphatic heterocycles. The third-order valence-corrected chi connectivity index (χ3v) is 3.64. The molecule has 7 heteroatoms. The molecule has 0 N–H and O–H groups in total. The monoisotopic (exact) mass is 371 g/mol. The Hall–Kier alpha value is -3.22. The lowest BCUT2D eigenvalue weighted by atomic mass is 9.96. The number of ether oxygens (including phenoxy) is 3. The van der Waals surface area contributed by atoms with Gasteiger partial charge in [0.05, 0.1) is 25.2 Å². The molecular formula is C20H21NO6. The van der Waals surface area contributed by atoms with Crippen molar-refractivity contribution in [2.75, 3.05) is 13.2 Å². The lowest BCUT2D eigenvalue weighted by molar-refractivity contribution is -0.184. The van der Waals surface area contributed by atoms with Crippen LogP contribution in [0.5, 0.6) is 0 Å². The number of aromatic nitrogens is 1. The summed E-state index contributed by atoms with van der Waals surface area (Å²) in [5, 5.41) is 0. The molecule has 0 unspecified atom stereocenters. The number of benzene rings is 1. The van der Waals surface area contributed by atoms with Crippen LogP contribution in [0.3, 0.4) is 0 Å². The molecule has 1 heterocycles. The maximum Gasteiger partial charge on any atom is 0.363 e. The molecule has 0 saturated heterocycles. The lowest BCUT2D eigenvalue weighted by Gasteiger charge is -2.28. The van der Waals surface area contributed by atoms with Gasteiger partial charge in [0.15, 0.2) is 0 Å². The number of hydrogen-bond acceptors (Lipinski definition) is 7. The molecule has 1 aromatic carbocycles. The Morgan fingerprint density at radius 3 is 2.00 bits per heavy atom. The molecule has 0 bridgehead atoms. The fourth-order valence-electron chi connectivity index (χ4n) is 2.39. The Balaban J connectivity index is 2.46. The Labute approximate surface area is 157 Å². The van der Waals surface area contributed by atoms with Crippen LogP contribution in [-0.2, 0) is 30.2 Å². The largest absolute Gasteiger partial charge is 0.463 e. The third kappa shape index (κ3) is 4.91. The summed E-state index contributed by atoms with van der Waals surface area (Å²) in [4.78, 5) is 42.2. The van der Waals surface area contributed by atoms with E-state index in [9.17, 15) is 14.4 Å². The van der Waals surface area contributed by atoms with Gasteiger partial charge in [0, 0.05) is 11.9 Å². The SMILES string of the molecule is CCOC(=O)C(Cc1ccccn1)(OC(=O)c1ccccc1)C(=O)OCC. The molecular weight excluding hydrogens is 350 g/mol. The van der Waals surface area contributed by atoms with Crippen molar-refractivity contribution in [3.8, 4) is 0 Å². The van der Waals surface area contributed by atoms with E-state index in [1.165, 1.54) is 18.3 Å². The smallest absolute Gasteiger partial charge is 0.363 e. The first-order chi connectivity index (χ1) is 13.0. The number of pyridine rings is 1. The molecule has 0 saturated carbocycles. The van der Waals surface area contributed by atoms with Gasteiger partial charge in [-0.1, -0.05) is 24.3 Å². The fourth-order valence-corrected chi connectivity index (χ4v) is 2.39. The lowest BCUT2D eigenvalue weighted by Crippen LogP contribution is -2.54. The molecule has 0 radical (unpaired) electrons. The van der Waals surface area contributed by atoms with Gasteiger partial charge >= 0.3 is 23.5 Å². The van der Waals surface area contributed by atoms with Gasteiger partial charge in [-0.05, 0) is 38.1 Å². The van der Waals surface area contributed by atoms with Crippen molar-refractivity contribution in [1.29, 1.82) is 0 Å². The van der Waals surface area contributed by atoms with Crippen LogP contribution in [0, 0.1) is 0 Å². The minimum Gasteiger partial charge on any atom is -0.463 e. The quantitative estimate of drug-likeness (QED) is 0.399. The average Bonchev–Trinajstić information content (AvgIpc) is 2.69. The van der Waals surface area contributed by atoms with Gasteiger partial charge in [-0.2, -0.15) is 0 Å². The molecule has 2 aromatic rings. The molecule has 27 heavy (non-hydrogen) atoms. The van der Waals surface area contributed by atoms with E-state index in [1.54, 1.807) is 50.2 Å². The maximum atomic E-state index is 12.7. The Kier molecular flexibility index (Phi) is 7.05. The number of hydrogen-bond donors (Lipinski definition) is 0. The Morgan fingerprint density at radius 1 is 0.889 bits per heavy atom. The van der Waals surface area contributed by atoms with Crippen molar-refractivity contribution in [2.45, 2.75) is 25.9 Å². The number of rotatable bonds is 8. The van der Waals surface area contributed by atoms with Gasteiger partial charge in [-0.15, -0.1) is 0 Å². The zero-order valence-electron chi connectivity index (χ0n) is 15.2. The first kappa shape index (κ1) is 20.1. The Morgan fingerprint density at radius 2 is 1.48 bits per heavy atom. The summed E-state index contributed by atoms with van der Waals surface area (Å²) in [6.07, 6.45) is 1.21. The standard InChI is InChI=1S/C20H21NO6/c1-3-25-18(23)20(19(24)26-4-2,14-16-12-8-9-13-21-16)27-17(22)15-10-6-5-7-11-15/h5-13H,3-4,14H2,1-2H3. The van der Waals surface area contributed by atoms with Gasteiger partial charge in [0.1, 0.15) is 0 Å². The van der Waals surface area contributed by atoms with E-state index < -0.39 is 23.5 Å². The highest BCUT2D eigenvalue weighted by Crippen LogP contribution is 2.24. The first-order valence-electron chi connectivity index (χ1n) is 8.56. The molecule has 0 amide bonds. The Bertz CT molecular complexity index is 758. The summed E-state index contributed by atoms with van der Waals surface area (Å²) >= 11 is 0. The van der Waals surface area contributed by atoms with E-state index >= 15 is 0 Å². The van der Waals surface area contributed by atoms with Crippen molar-refractivity contribution in [3.63, 3.8) is 0 Å². The molecule has 142 valence electrons. The molecule has 2 rings (SSSR count). The van der Waals surface area contributed by atoms with Crippen LogP contribution >= 0.6 is 0 Å². The van der Waals surface area contributed by atoms with Crippen LogP contribution in [0.25, 0.3) is 0 Å². The third-order valence-electron chi connectivity index (χ3n) is 3.64. The summed E-state index contributed by atoms with van der Waals surface area (Å²) in [7, 11) is 0. The fraction of sp³-hybridized carbons (Fsp3) is 0.300. The van der Waals surface area contributed by atoms with E-state index in [4.69, 9.17) is 14.2 Å². The molecule has 0 aliphatic rings. The number of nitrogens with zero attached hydrogens (tertiary/aromatic N) is 1. The van der Waals surface area contributed by atoms with Crippen LogP contribution in [-0.4, -0.2) is 41.7 Å². The van der Waals surface area contributed by atoms with Crippen LogP contribution in [0.4, 0.5) is 0 Å². The molecule has 7 nitrogen and oxygen atoms in total. The zero-order valence-corrected chi connectivity index (χ0v) is 15.2. The minimum absolute atomic E-state index is 0.00505. The highest BCUT2D eigenvalue weighted by atomic mass is 16.6. The van der Waals surface area contributed by atoms with E-state index in [1.807, 2.05) is 0 Å². The molecule has 0 aliphatic carbocycles. The summed E-state index contributed by atoms with van der Waals surface area (Å²) in [5.41, 5.74) is -1.72. The normalized spacial score (nSPS) is 10.7. The van der Waals surface area contributed by atoms with Crippen LogP contribution < -0.4 is 0 Å². The van der Waals surface area contributed by atoms with E-state index in [0.29, 0.717) is 5.69 Å². The van der Waals surface area contributed by atoms with Gasteiger partial charge in [0.2, 0.25) is 0 Å². The van der Waals surface area contributed by atoms with Crippen LogP contribution in [0.15, 0.2) is 54.7 Å². The number of carbonyl (C=O) groups is 3. The van der Waals surface area contributed by atoms with E-state index in [-0.39, 0.29) is 25.2 Å². The molecule has 0 atom stereocenters. The number of carbonyl (C=O) groups excluding carboxylic acids is 3. The highest BCUT2D eigenvalue weighted by molar-refractivity contribution is 6.07. The van der Waals surface area contributed by atoms with Gasteiger partial charge in [-0.25, -0.2) is 14.4 Å². The maximum absolute atomic E-state index is 12.7. The van der Waals surface area contributed by atoms with Crippen LogP contribution in [0.2, 0.25) is 0 Å². The second kappa shape index (κ2) is 9.47. The predicted octanol–water partition coefficient (Wildman–Crippen LogP) is 2.35. The predicted molar refractivity (Wildman–Crippen MR) is 95.8 cm³/mol. The summed E-state index contributed by atoms with van der Waals surface area (Å²) in [6.45, 7) is 3.19. The van der Waals surface area contributed by atoms with Gasteiger partial charge in [-0.3, -0.25) is 4.98 Å². The summed E-state index contributed by atoms with van der Waals surface area (Å²) in [5.74, 6) is -2.84. The second-order valence-corrected chi connectivity index (χ2v) is 5.52. The highest BCUT2D eigenvalue weighted by Gasteiger charge is 2.53. The summed E-state index contributed by atoms with van der Waals surface area (Å²) < 4.78 is 15.5. The number of esters is 3. The summed E-state index contributed by atoms with van der Waals surface area (Å²) in [6, 6.07) is 13.1. The van der Waals surface area contributed by atoms with E-state index in [0.717, 1.165) is 0 Å². The van der Waals surface area contributed by atoms with Crippen molar-refractivity contribution in [2.24, 2.45) is 0 Å². The zero-order chi connectivity index (χ0) is 19.7. The van der Waals surface area contributed by atoms with E-state index in [2.05, 4.69) is 4.98 Å². The van der Waals surface area contributed by atoms with Crippen molar-refractivity contribution < 1.29 is 28.6 Å². The molecule has 0 fully saturated rings. The molecule has 0 spiro atoms. The van der Waals surface area contributed by atoms with Crippen molar-refractivity contribution in [3.05, 3.63) is 66.0 Å². The minimum atomic E-state index is -2.28. The topological polar surface area (TPSA) is 91.8 Å². The van der Waals surface area contributed by atoms with Crippen molar-refractivity contribution in [1.82, 2.24) is 4.98 Å². The molecule has 1 aromatic heterocycles. The first-order valence-corrected chi connectivity index (χ1v) is 8.56. The van der Waals surface area contributed by atoms with Crippen molar-refractivity contribution >= 4 is 17.9 Å². The van der Waals surface area contributed by atoms with Gasteiger partial charge in [0.25, 0.3) is 0 Å². The average molecular weight is 371 g/mol.